The number of fused-ring (bicyclic) bond motifs is 2. The minimum absolute atomic E-state index is 0.343. The van der Waals surface area contributed by atoms with Gasteiger partial charge in [0.2, 0.25) is 0 Å². The number of amides is 1. The van der Waals surface area contributed by atoms with Crippen molar-refractivity contribution in [3.63, 3.8) is 0 Å². The molecule has 0 atom stereocenters. The molecule has 0 spiro atoms. The van der Waals surface area contributed by atoms with Gasteiger partial charge in [0.05, 0.1) is 17.9 Å². The fraction of sp³-hybridized carbons (Fsp3) is 0.263. The summed E-state index contributed by atoms with van der Waals surface area (Å²) < 4.78 is 11.1. The molecule has 6 nitrogen and oxygen atoms in total. The standard InChI is InChI=1S/C19H18N2O4/c1-20(11-13-6-7-16-17(10-13)25-9-8-24-16)12-21-15-5-3-2-4-14(15)18(22)19(21)23/h2-7,10H,8-9,11-12H2,1H3. The summed E-state index contributed by atoms with van der Waals surface area (Å²) in [6.45, 7) is 2.08. The lowest BCUT2D eigenvalue weighted by atomic mass is 10.1. The third kappa shape index (κ3) is 2.85. The summed E-state index contributed by atoms with van der Waals surface area (Å²) in [4.78, 5) is 27.8. The van der Waals surface area contributed by atoms with Crippen LogP contribution >= 0.6 is 0 Å². The van der Waals surface area contributed by atoms with Crippen molar-refractivity contribution in [3.8, 4) is 11.5 Å². The van der Waals surface area contributed by atoms with Gasteiger partial charge < -0.3 is 9.47 Å². The molecule has 0 saturated heterocycles. The van der Waals surface area contributed by atoms with Gasteiger partial charge in [0.15, 0.2) is 11.5 Å². The summed E-state index contributed by atoms with van der Waals surface area (Å²) in [6.07, 6.45) is 0. The minimum atomic E-state index is -0.477. The lowest BCUT2D eigenvalue weighted by molar-refractivity contribution is -0.114. The second-order valence-corrected chi connectivity index (χ2v) is 6.21. The molecule has 2 aliphatic heterocycles. The van der Waals surface area contributed by atoms with Crippen LogP contribution in [-0.2, 0) is 11.3 Å². The molecule has 2 aromatic rings. The Bertz CT molecular complexity index is 849. The Morgan fingerprint density at radius 1 is 1.04 bits per heavy atom. The maximum atomic E-state index is 12.3. The van der Waals surface area contributed by atoms with Gasteiger partial charge in [-0.3, -0.25) is 19.4 Å². The van der Waals surface area contributed by atoms with Gasteiger partial charge in [0, 0.05) is 6.54 Å². The van der Waals surface area contributed by atoms with Gasteiger partial charge in [-0.15, -0.1) is 0 Å². The maximum Gasteiger partial charge on any atom is 0.300 e. The summed E-state index contributed by atoms with van der Waals surface area (Å²) in [5, 5.41) is 0. The molecule has 0 aromatic heterocycles. The van der Waals surface area contributed by atoms with Gasteiger partial charge in [-0.1, -0.05) is 18.2 Å². The zero-order chi connectivity index (χ0) is 17.4. The first-order valence-corrected chi connectivity index (χ1v) is 8.16. The number of carbonyl (C=O) groups is 2. The Morgan fingerprint density at radius 2 is 1.80 bits per heavy atom. The van der Waals surface area contributed by atoms with Crippen LogP contribution in [0.2, 0.25) is 0 Å². The smallest absolute Gasteiger partial charge is 0.300 e. The van der Waals surface area contributed by atoms with Crippen molar-refractivity contribution in [1.29, 1.82) is 0 Å². The highest BCUT2D eigenvalue weighted by Gasteiger charge is 2.35. The zero-order valence-electron chi connectivity index (χ0n) is 13.9. The largest absolute Gasteiger partial charge is 0.486 e. The van der Waals surface area contributed by atoms with Crippen LogP contribution in [0.15, 0.2) is 42.5 Å². The van der Waals surface area contributed by atoms with Crippen LogP contribution in [-0.4, -0.2) is 43.5 Å². The van der Waals surface area contributed by atoms with Crippen molar-refractivity contribution in [3.05, 3.63) is 53.6 Å². The number of hydrogen-bond acceptors (Lipinski definition) is 5. The topological polar surface area (TPSA) is 59.1 Å². The molecular weight excluding hydrogens is 320 g/mol. The van der Waals surface area contributed by atoms with E-state index in [0.29, 0.717) is 37.7 Å². The van der Waals surface area contributed by atoms with E-state index in [-0.39, 0.29) is 0 Å². The second kappa shape index (κ2) is 6.22. The van der Waals surface area contributed by atoms with Crippen molar-refractivity contribution in [1.82, 2.24) is 4.90 Å². The van der Waals surface area contributed by atoms with Crippen molar-refractivity contribution in [2.45, 2.75) is 6.54 Å². The molecule has 25 heavy (non-hydrogen) atoms. The summed E-state index contributed by atoms with van der Waals surface area (Å²) in [6, 6.07) is 12.9. The lowest BCUT2D eigenvalue weighted by Gasteiger charge is -2.25. The molecule has 0 N–H and O–H groups in total. The number of hydrogen-bond donors (Lipinski definition) is 0. The summed E-state index contributed by atoms with van der Waals surface area (Å²) in [5.41, 5.74) is 2.20. The number of carbonyl (C=O) groups excluding carboxylic acids is 2. The number of ether oxygens (including phenoxy) is 2. The number of rotatable bonds is 4. The zero-order valence-corrected chi connectivity index (χ0v) is 13.9. The van der Waals surface area contributed by atoms with E-state index < -0.39 is 11.7 Å². The number of ketones is 1. The fourth-order valence-corrected chi connectivity index (χ4v) is 3.18. The Labute approximate surface area is 145 Å². The van der Waals surface area contributed by atoms with Gasteiger partial charge in [-0.2, -0.15) is 0 Å². The number of nitrogens with zero attached hydrogens (tertiary/aromatic N) is 2. The van der Waals surface area contributed by atoms with E-state index in [1.54, 1.807) is 18.2 Å². The SMILES string of the molecule is CN(Cc1ccc2c(c1)OCCO2)CN1C(=O)C(=O)c2ccccc21. The first-order valence-electron chi connectivity index (χ1n) is 8.16. The number of benzene rings is 2. The second-order valence-electron chi connectivity index (χ2n) is 6.21. The van der Waals surface area contributed by atoms with Crippen LogP contribution in [0.3, 0.4) is 0 Å². The number of Topliss-reactive ketones (excluding diaryl/α,β-unsaturated/α-hetero) is 1. The quantitative estimate of drug-likeness (QED) is 0.799. The molecule has 0 saturated carbocycles. The molecule has 0 aliphatic carbocycles. The molecule has 2 aliphatic rings. The highest BCUT2D eigenvalue weighted by molar-refractivity contribution is 6.52. The number of anilines is 1. The van der Waals surface area contributed by atoms with Gasteiger partial charge in [-0.05, 0) is 36.9 Å². The monoisotopic (exact) mass is 338 g/mol. The van der Waals surface area contributed by atoms with Crippen LogP contribution in [0.1, 0.15) is 15.9 Å². The molecule has 6 heteroatoms. The van der Waals surface area contributed by atoms with Crippen LogP contribution < -0.4 is 14.4 Å². The molecule has 128 valence electrons. The molecule has 0 fully saturated rings. The molecule has 0 radical (unpaired) electrons. The van der Waals surface area contributed by atoms with Gasteiger partial charge in [-0.25, -0.2) is 0 Å². The molecule has 2 heterocycles. The van der Waals surface area contributed by atoms with Crippen LogP contribution in [0.25, 0.3) is 0 Å². The average molecular weight is 338 g/mol. The van der Waals surface area contributed by atoms with E-state index in [0.717, 1.165) is 17.1 Å². The maximum absolute atomic E-state index is 12.3. The lowest BCUT2D eigenvalue weighted by Crippen LogP contribution is -2.38. The van der Waals surface area contributed by atoms with Crippen LogP contribution in [0.5, 0.6) is 11.5 Å². The summed E-state index contributed by atoms with van der Waals surface area (Å²) in [7, 11) is 1.91. The Balaban J connectivity index is 1.48. The van der Waals surface area contributed by atoms with E-state index in [1.807, 2.05) is 36.2 Å². The Hall–Kier alpha value is -2.86. The highest BCUT2D eigenvalue weighted by atomic mass is 16.6. The Morgan fingerprint density at radius 3 is 2.64 bits per heavy atom. The van der Waals surface area contributed by atoms with Crippen molar-refractivity contribution >= 4 is 17.4 Å². The third-order valence-corrected chi connectivity index (χ3v) is 4.32. The minimum Gasteiger partial charge on any atom is -0.486 e. The van der Waals surface area contributed by atoms with Crippen molar-refractivity contribution in [2.75, 3.05) is 31.8 Å². The normalized spacial score (nSPS) is 15.7. The van der Waals surface area contributed by atoms with Gasteiger partial charge >= 0.3 is 5.91 Å². The van der Waals surface area contributed by atoms with E-state index in [1.165, 1.54) is 4.90 Å². The third-order valence-electron chi connectivity index (χ3n) is 4.32. The van der Waals surface area contributed by atoms with Gasteiger partial charge in [0.1, 0.15) is 13.2 Å². The van der Waals surface area contributed by atoms with Crippen LogP contribution in [0.4, 0.5) is 5.69 Å². The van der Waals surface area contributed by atoms with Crippen molar-refractivity contribution < 1.29 is 19.1 Å². The summed E-state index contributed by atoms with van der Waals surface area (Å²) >= 11 is 0. The molecule has 4 rings (SSSR count). The molecule has 2 aromatic carbocycles. The predicted octanol–water partition coefficient (Wildman–Crippen LogP) is 2.08. The number of para-hydroxylation sites is 1. The molecule has 0 unspecified atom stereocenters. The van der Waals surface area contributed by atoms with E-state index in [4.69, 9.17) is 9.47 Å². The van der Waals surface area contributed by atoms with E-state index in [2.05, 4.69) is 0 Å². The van der Waals surface area contributed by atoms with Gasteiger partial charge in [0.25, 0.3) is 5.78 Å². The molecule has 0 bridgehead atoms. The fourth-order valence-electron chi connectivity index (χ4n) is 3.18. The first kappa shape index (κ1) is 15.7. The van der Waals surface area contributed by atoms with Crippen molar-refractivity contribution in [2.24, 2.45) is 0 Å². The predicted molar refractivity (Wildman–Crippen MR) is 92.0 cm³/mol. The average Bonchev–Trinajstić information content (AvgIpc) is 2.87. The first-order chi connectivity index (χ1) is 12.1. The van der Waals surface area contributed by atoms with E-state index in [9.17, 15) is 9.59 Å². The molecular formula is C19H18N2O4. The van der Waals surface area contributed by atoms with E-state index >= 15 is 0 Å². The Kier molecular flexibility index (Phi) is 3.89. The molecule has 1 amide bonds. The highest BCUT2D eigenvalue weighted by Crippen LogP contribution is 2.32. The summed E-state index contributed by atoms with van der Waals surface area (Å²) in [5.74, 6) is 0.584. The van der Waals surface area contributed by atoms with Crippen LogP contribution in [0, 0.1) is 0 Å².